The van der Waals surface area contributed by atoms with Gasteiger partial charge in [-0.25, -0.2) is 0 Å². The van der Waals surface area contributed by atoms with Crippen LogP contribution in [0.5, 0.6) is 0 Å². The second kappa shape index (κ2) is 5.19. The number of halogens is 2. The SMILES string of the molecule is Clc1ccc(C2Nc3c(Br)cccc3C3C=CCC32)cc1. The summed E-state index contributed by atoms with van der Waals surface area (Å²) in [5.41, 5.74) is 3.93. The van der Waals surface area contributed by atoms with E-state index in [0.717, 1.165) is 15.9 Å². The molecule has 0 fully saturated rings. The van der Waals surface area contributed by atoms with Crippen LogP contribution < -0.4 is 5.32 Å². The van der Waals surface area contributed by atoms with Crippen molar-refractivity contribution >= 4 is 33.2 Å². The van der Waals surface area contributed by atoms with E-state index in [9.17, 15) is 0 Å². The van der Waals surface area contributed by atoms with Crippen molar-refractivity contribution in [3.05, 3.63) is 75.2 Å². The molecule has 21 heavy (non-hydrogen) atoms. The topological polar surface area (TPSA) is 12.0 Å². The molecule has 4 rings (SSSR count). The number of nitrogens with one attached hydrogen (secondary N) is 1. The largest absolute Gasteiger partial charge is 0.377 e. The third-order valence-corrected chi connectivity index (χ3v) is 5.49. The van der Waals surface area contributed by atoms with E-state index in [0.29, 0.717) is 17.9 Å². The van der Waals surface area contributed by atoms with E-state index in [1.807, 2.05) is 12.1 Å². The van der Waals surface area contributed by atoms with Crippen molar-refractivity contribution in [1.82, 2.24) is 0 Å². The number of allylic oxidation sites excluding steroid dienone is 2. The number of para-hydroxylation sites is 1. The normalized spacial score (nSPS) is 26.1. The van der Waals surface area contributed by atoms with Gasteiger partial charge in [-0.1, -0.05) is 48.0 Å². The lowest BCUT2D eigenvalue weighted by atomic mass is 9.77. The molecule has 0 aromatic heterocycles. The molecular formula is C18H15BrClN. The molecule has 1 nitrogen and oxygen atoms in total. The Hall–Kier alpha value is -1.25. The second-order valence-corrected chi connectivity index (χ2v) is 7.02. The minimum Gasteiger partial charge on any atom is -0.377 e. The van der Waals surface area contributed by atoms with Crippen molar-refractivity contribution in [2.75, 3.05) is 5.32 Å². The van der Waals surface area contributed by atoms with Gasteiger partial charge in [0.25, 0.3) is 0 Å². The van der Waals surface area contributed by atoms with Gasteiger partial charge < -0.3 is 5.32 Å². The highest BCUT2D eigenvalue weighted by atomic mass is 79.9. The summed E-state index contributed by atoms with van der Waals surface area (Å²) >= 11 is 9.71. The van der Waals surface area contributed by atoms with Gasteiger partial charge >= 0.3 is 0 Å². The van der Waals surface area contributed by atoms with Crippen LogP contribution in [-0.2, 0) is 0 Å². The third-order valence-electron chi connectivity index (χ3n) is 4.58. The van der Waals surface area contributed by atoms with Gasteiger partial charge in [-0.3, -0.25) is 0 Å². The Bertz CT molecular complexity index is 708. The van der Waals surface area contributed by atoms with Gasteiger partial charge in [0.1, 0.15) is 0 Å². The molecule has 1 N–H and O–H groups in total. The fourth-order valence-electron chi connectivity index (χ4n) is 3.58. The highest BCUT2D eigenvalue weighted by Crippen LogP contribution is 2.51. The summed E-state index contributed by atoms with van der Waals surface area (Å²) < 4.78 is 1.14. The van der Waals surface area contributed by atoms with Crippen molar-refractivity contribution < 1.29 is 0 Å². The van der Waals surface area contributed by atoms with Crippen LogP contribution in [0.15, 0.2) is 59.1 Å². The first-order chi connectivity index (χ1) is 10.2. The van der Waals surface area contributed by atoms with Crippen LogP contribution in [-0.4, -0.2) is 0 Å². The summed E-state index contributed by atoms with van der Waals surface area (Å²) in [4.78, 5) is 0. The number of hydrogen-bond donors (Lipinski definition) is 1. The molecular weight excluding hydrogens is 346 g/mol. The first-order valence-corrected chi connectivity index (χ1v) is 8.38. The average Bonchev–Trinajstić information content (AvgIpc) is 2.98. The Morgan fingerprint density at radius 2 is 1.90 bits per heavy atom. The van der Waals surface area contributed by atoms with E-state index >= 15 is 0 Å². The number of fused-ring (bicyclic) bond motifs is 3. The van der Waals surface area contributed by atoms with E-state index in [1.165, 1.54) is 16.8 Å². The fraction of sp³-hybridized carbons (Fsp3) is 0.222. The molecule has 0 spiro atoms. The maximum atomic E-state index is 6.03. The van der Waals surface area contributed by atoms with Gasteiger partial charge in [-0.2, -0.15) is 0 Å². The summed E-state index contributed by atoms with van der Waals surface area (Å²) in [7, 11) is 0. The Kier molecular flexibility index (Phi) is 3.31. The molecule has 1 aliphatic heterocycles. The zero-order chi connectivity index (χ0) is 14.4. The summed E-state index contributed by atoms with van der Waals surface area (Å²) in [6.07, 6.45) is 5.80. The molecule has 0 amide bonds. The molecule has 3 unspecified atom stereocenters. The molecule has 0 bridgehead atoms. The standard InChI is InChI=1S/C18H15BrClN/c19-16-6-2-5-15-13-3-1-4-14(13)17(21-18(15)16)11-7-9-12(20)10-8-11/h1-3,5-10,13-14,17,21H,4H2. The van der Waals surface area contributed by atoms with E-state index in [4.69, 9.17) is 11.6 Å². The molecule has 2 aliphatic rings. The zero-order valence-corrected chi connectivity index (χ0v) is 13.7. The highest BCUT2D eigenvalue weighted by Gasteiger charge is 2.38. The predicted molar refractivity (Wildman–Crippen MR) is 91.9 cm³/mol. The van der Waals surface area contributed by atoms with E-state index in [1.54, 1.807) is 0 Å². The Morgan fingerprint density at radius 1 is 1.10 bits per heavy atom. The maximum absolute atomic E-state index is 6.03. The molecule has 1 heterocycles. The molecule has 0 radical (unpaired) electrons. The van der Waals surface area contributed by atoms with Gasteiger partial charge in [0.2, 0.25) is 0 Å². The lowest BCUT2D eigenvalue weighted by molar-refractivity contribution is 0.425. The van der Waals surface area contributed by atoms with E-state index in [2.05, 4.69) is 63.7 Å². The summed E-state index contributed by atoms with van der Waals surface area (Å²) in [5, 5.41) is 4.53. The smallest absolute Gasteiger partial charge is 0.0554 e. The molecule has 2 aromatic rings. The van der Waals surface area contributed by atoms with Crippen LogP contribution in [0.25, 0.3) is 0 Å². The molecule has 106 valence electrons. The number of rotatable bonds is 1. The Labute approximate surface area is 138 Å². The average molecular weight is 361 g/mol. The molecule has 3 atom stereocenters. The summed E-state index contributed by atoms with van der Waals surface area (Å²) in [6, 6.07) is 15.0. The van der Waals surface area contributed by atoms with Crippen molar-refractivity contribution in [3.8, 4) is 0 Å². The fourth-order valence-corrected chi connectivity index (χ4v) is 4.21. The summed E-state index contributed by atoms with van der Waals surface area (Å²) in [6.45, 7) is 0. The van der Waals surface area contributed by atoms with Crippen LogP contribution >= 0.6 is 27.5 Å². The zero-order valence-electron chi connectivity index (χ0n) is 11.4. The van der Waals surface area contributed by atoms with Crippen LogP contribution in [0.1, 0.15) is 29.5 Å². The predicted octanol–water partition coefficient (Wildman–Crippen LogP) is 5.93. The highest BCUT2D eigenvalue weighted by molar-refractivity contribution is 9.10. The van der Waals surface area contributed by atoms with E-state index in [-0.39, 0.29) is 0 Å². The Balaban J connectivity index is 1.81. The molecule has 0 saturated heterocycles. The van der Waals surface area contributed by atoms with Crippen LogP contribution in [0.4, 0.5) is 5.69 Å². The van der Waals surface area contributed by atoms with Gasteiger partial charge in [-0.15, -0.1) is 0 Å². The second-order valence-electron chi connectivity index (χ2n) is 5.73. The van der Waals surface area contributed by atoms with Crippen molar-refractivity contribution in [2.45, 2.75) is 18.4 Å². The van der Waals surface area contributed by atoms with Gasteiger partial charge in [0.15, 0.2) is 0 Å². The van der Waals surface area contributed by atoms with Crippen LogP contribution in [0.2, 0.25) is 5.02 Å². The summed E-state index contributed by atoms with van der Waals surface area (Å²) in [5.74, 6) is 1.08. The first kappa shape index (κ1) is 13.4. The van der Waals surface area contributed by atoms with Gasteiger partial charge in [0.05, 0.1) is 11.7 Å². The van der Waals surface area contributed by atoms with Crippen LogP contribution in [0.3, 0.4) is 0 Å². The van der Waals surface area contributed by atoms with Crippen molar-refractivity contribution in [2.24, 2.45) is 5.92 Å². The van der Waals surface area contributed by atoms with Crippen molar-refractivity contribution in [1.29, 1.82) is 0 Å². The molecule has 3 heteroatoms. The lowest BCUT2D eigenvalue weighted by Gasteiger charge is -2.38. The minimum atomic E-state index is 0.327. The Morgan fingerprint density at radius 3 is 2.71 bits per heavy atom. The number of anilines is 1. The quantitative estimate of drug-likeness (QED) is 0.622. The number of benzene rings is 2. The monoisotopic (exact) mass is 359 g/mol. The van der Waals surface area contributed by atoms with Crippen LogP contribution in [0, 0.1) is 5.92 Å². The maximum Gasteiger partial charge on any atom is 0.0554 e. The number of hydrogen-bond acceptors (Lipinski definition) is 1. The van der Waals surface area contributed by atoms with E-state index < -0.39 is 0 Å². The first-order valence-electron chi connectivity index (χ1n) is 7.21. The third kappa shape index (κ3) is 2.21. The minimum absolute atomic E-state index is 0.327. The van der Waals surface area contributed by atoms with Gasteiger partial charge in [-0.05, 0) is 57.6 Å². The van der Waals surface area contributed by atoms with Gasteiger partial charge in [0, 0.05) is 15.4 Å². The molecule has 2 aromatic carbocycles. The molecule has 1 aliphatic carbocycles. The lowest BCUT2D eigenvalue weighted by Crippen LogP contribution is -2.29. The molecule has 0 saturated carbocycles. The van der Waals surface area contributed by atoms with Crippen molar-refractivity contribution in [3.63, 3.8) is 0 Å².